The molecule has 0 unspecified atom stereocenters. The highest BCUT2D eigenvalue weighted by Gasteiger charge is 2.07. The quantitative estimate of drug-likeness (QED) is 0.301. The molecule has 148 valence electrons. The molecule has 0 bridgehead atoms. The Morgan fingerprint density at radius 1 is 1.07 bits per heavy atom. The van der Waals surface area contributed by atoms with Crippen molar-refractivity contribution in [3.63, 3.8) is 0 Å². The van der Waals surface area contributed by atoms with Gasteiger partial charge in [0.05, 0.1) is 11.2 Å². The zero-order valence-electron chi connectivity index (χ0n) is 15.5. The number of hydrogen-bond acceptors (Lipinski definition) is 4. The molecule has 0 aliphatic heterocycles. The van der Waals surface area contributed by atoms with Crippen LogP contribution in [0.25, 0.3) is 0 Å². The number of thioether (sulfide) groups is 1. The van der Waals surface area contributed by atoms with E-state index in [4.69, 9.17) is 22.1 Å². The van der Waals surface area contributed by atoms with E-state index in [1.807, 2.05) is 42.5 Å². The maximum absolute atomic E-state index is 13.9. The molecule has 3 aromatic carbocycles. The first kappa shape index (κ1) is 20.9. The normalized spacial score (nSPS) is 11.7. The number of nitrogens with two attached hydrogens (primary N) is 1. The van der Waals surface area contributed by atoms with Crippen molar-refractivity contribution in [3.8, 4) is 5.75 Å². The second kappa shape index (κ2) is 10.6. The Morgan fingerprint density at radius 3 is 2.69 bits per heavy atom. The van der Waals surface area contributed by atoms with E-state index >= 15 is 0 Å². The molecule has 3 rings (SSSR count). The predicted octanol–water partition coefficient (Wildman–Crippen LogP) is 5.64. The van der Waals surface area contributed by atoms with Crippen LogP contribution in [0.15, 0.2) is 83.0 Å². The summed E-state index contributed by atoms with van der Waals surface area (Å²) in [5.74, 6) is 0.850. The SMILES string of the molecule is NC(=NN=Cc1cccc(OCc2cccc(Cl)c2F)c1)SCc1ccccc1. The first-order valence-corrected chi connectivity index (χ1v) is 10.2. The van der Waals surface area contributed by atoms with E-state index in [1.54, 1.807) is 30.5 Å². The third-order valence-electron chi connectivity index (χ3n) is 3.88. The third kappa shape index (κ3) is 6.62. The van der Waals surface area contributed by atoms with E-state index < -0.39 is 5.82 Å². The van der Waals surface area contributed by atoms with Crippen molar-refractivity contribution in [1.82, 2.24) is 0 Å². The molecular weight excluding hydrogens is 409 g/mol. The summed E-state index contributed by atoms with van der Waals surface area (Å²) in [5, 5.41) is 8.48. The standard InChI is InChI=1S/C22H19ClFN3OS/c23-20-11-5-9-18(21(20)24)14-28-19-10-4-8-17(12-19)13-26-27-22(25)29-15-16-6-2-1-3-7-16/h1-13H,14-15H2,(H2,25,27). The molecule has 0 heterocycles. The fraction of sp³-hybridized carbons (Fsp3) is 0.0909. The molecule has 0 saturated heterocycles. The summed E-state index contributed by atoms with van der Waals surface area (Å²) >= 11 is 7.21. The molecule has 0 atom stereocenters. The zero-order chi connectivity index (χ0) is 20.5. The van der Waals surface area contributed by atoms with Crippen LogP contribution < -0.4 is 10.5 Å². The molecule has 0 aromatic heterocycles. The number of amidine groups is 1. The van der Waals surface area contributed by atoms with Gasteiger partial charge in [-0.2, -0.15) is 5.10 Å². The third-order valence-corrected chi connectivity index (χ3v) is 5.02. The highest BCUT2D eigenvalue weighted by atomic mass is 35.5. The van der Waals surface area contributed by atoms with Crippen molar-refractivity contribution < 1.29 is 9.13 Å². The van der Waals surface area contributed by atoms with Crippen molar-refractivity contribution in [2.24, 2.45) is 15.9 Å². The van der Waals surface area contributed by atoms with E-state index in [0.717, 1.165) is 11.3 Å². The minimum Gasteiger partial charge on any atom is -0.489 e. The molecule has 29 heavy (non-hydrogen) atoms. The van der Waals surface area contributed by atoms with Crippen LogP contribution in [0, 0.1) is 5.82 Å². The molecule has 0 spiro atoms. The van der Waals surface area contributed by atoms with Crippen LogP contribution >= 0.6 is 23.4 Å². The number of halogens is 2. The van der Waals surface area contributed by atoms with Crippen LogP contribution in [0.3, 0.4) is 0 Å². The maximum atomic E-state index is 13.9. The lowest BCUT2D eigenvalue weighted by atomic mass is 10.2. The second-order valence-corrected chi connectivity index (χ2v) is 7.43. The maximum Gasteiger partial charge on any atom is 0.180 e. The van der Waals surface area contributed by atoms with Gasteiger partial charge in [-0.25, -0.2) is 4.39 Å². The molecule has 0 radical (unpaired) electrons. The fourth-order valence-electron chi connectivity index (χ4n) is 2.42. The second-order valence-electron chi connectivity index (χ2n) is 6.03. The highest BCUT2D eigenvalue weighted by Crippen LogP contribution is 2.20. The number of hydrogen-bond donors (Lipinski definition) is 1. The fourth-order valence-corrected chi connectivity index (χ4v) is 3.22. The largest absolute Gasteiger partial charge is 0.489 e. The minimum atomic E-state index is -0.468. The highest BCUT2D eigenvalue weighted by molar-refractivity contribution is 8.13. The van der Waals surface area contributed by atoms with Crippen molar-refractivity contribution in [1.29, 1.82) is 0 Å². The summed E-state index contributed by atoms with van der Waals surface area (Å²) < 4.78 is 19.6. The Bertz CT molecular complexity index is 1010. The van der Waals surface area contributed by atoms with E-state index in [0.29, 0.717) is 16.5 Å². The van der Waals surface area contributed by atoms with Gasteiger partial charge in [-0.3, -0.25) is 0 Å². The summed E-state index contributed by atoms with van der Waals surface area (Å²) in [6, 6.07) is 22.1. The lowest BCUT2D eigenvalue weighted by Gasteiger charge is -2.08. The molecule has 4 nitrogen and oxygen atoms in total. The Hall–Kier alpha value is -2.83. The van der Waals surface area contributed by atoms with Gasteiger partial charge >= 0.3 is 0 Å². The summed E-state index contributed by atoms with van der Waals surface area (Å²) in [7, 11) is 0. The van der Waals surface area contributed by atoms with Gasteiger partial charge < -0.3 is 10.5 Å². The molecule has 2 N–H and O–H groups in total. The number of nitrogens with zero attached hydrogens (tertiary/aromatic N) is 2. The summed E-state index contributed by atoms with van der Waals surface area (Å²) in [4.78, 5) is 0. The van der Waals surface area contributed by atoms with Crippen LogP contribution in [-0.2, 0) is 12.4 Å². The van der Waals surface area contributed by atoms with E-state index in [2.05, 4.69) is 10.2 Å². The Balaban J connectivity index is 1.55. The summed E-state index contributed by atoms with van der Waals surface area (Å²) in [5.41, 5.74) is 8.23. The predicted molar refractivity (Wildman–Crippen MR) is 119 cm³/mol. The van der Waals surface area contributed by atoms with Crippen molar-refractivity contribution in [2.75, 3.05) is 0 Å². The monoisotopic (exact) mass is 427 g/mol. The van der Waals surface area contributed by atoms with Crippen molar-refractivity contribution >= 4 is 34.7 Å². The average Bonchev–Trinajstić information content (AvgIpc) is 2.74. The van der Waals surface area contributed by atoms with Crippen LogP contribution in [0.2, 0.25) is 5.02 Å². The minimum absolute atomic E-state index is 0.0765. The van der Waals surface area contributed by atoms with Gasteiger partial charge in [0.25, 0.3) is 0 Å². The average molecular weight is 428 g/mol. The molecule has 0 amide bonds. The van der Waals surface area contributed by atoms with Crippen LogP contribution in [0.1, 0.15) is 16.7 Å². The molecular formula is C22H19ClFN3OS. The zero-order valence-corrected chi connectivity index (χ0v) is 17.0. The lowest BCUT2D eigenvalue weighted by Crippen LogP contribution is -2.06. The van der Waals surface area contributed by atoms with E-state index in [1.165, 1.54) is 23.4 Å². The molecule has 7 heteroatoms. The van der Waals surface area contributed by atoms with Gasteiger partial charge in [0.15, 0.2) is 5.17 Å². The molecule has 0 aliphatic carbocycles. The van der Waals surface area contributed by atoms with Crippen LogP contribution in [-0.4, -0.2) is 11.4 Å². The van der Waals surface area contributed by atoms with Gasteiger partial charge in [0, 0.05) is 11.3 Å². The lowest BCUT2D eigenvalue weighted by molar-refractivity contribution is 0.300. The number of ether oxygens (including phenoxy) is 1. The van der Waals surface area contributed by atoms with Gasteiger partial charge in [-0.05, 0) is 29.3 Å². The van der Waals surface area contributed by atoms with Crippen LogP contribution in [0.4, 0.5) is 4.39 Å². The first-order valence-electron chi connectivity index (χ1n) is 8.81. The van der Waals surface area contributed by atoms with E-state index in [-0.39, 0.29) is 11.6 Å². The molecule has 3 aromatic rings. The van der Waals surface area contributed by atoms with Crippen LogP contribution in [0.5, 0.6) is 5.75 Å². The van der Waals surface area contributed by atoms with Crippen molar-refractivity contribution in [3.05, 3.63) is 100 Å². The van der Waals surface area contributed by atoms with E-state index in [9.17, 15) is 4.39 Å². The van der Waals surface area contributed by atoms with Gasteiger partial charge in [0.1, 0.15) is 18.2 Å². The molecule has 0 aliphatic rings. The van der Waals surface area contributed by atoms with Crippen molar-refractivity contribution in [2.45, 2.75) is 12.4 Å². The van der Waals surface area contributed by atoms with Gasteiger partial charge in [0.2, 0.25) is 0 Å². The molecule has 0 fully saturated rings. The Kier molecular flexibility index (Phi) is 7.67. The summed E-state index contributed by atoms with van der Waals surface area (Å²) in [6.45, 7) is 0.0776. The smallest absolute Gasteiger partial charge is 0.180 e. The van der Waals surface area contributed by atoms with Gasteiger partial charge in [-0.1, -0.05) is 78.0 Å². The number of rotatable bonds is 7. The Morgan fingerprint density at radius 2 is 1.86 bits per heavy atom. The summed E-state index contributed by atoms with van der Waals surface area (Å²) in [6.07, 6.45) is 1.59. The Labute approximate surface area is 178 Å². The van der Waals surface area contributed by atoms with Gasteiger partial charge in [-0.15, -0.1) is 5.10 Å². The topological polar surface area (TPSA) is 60.0 Å². The first-order chi connectivity index (χ1) is 14.1. The number of benzene rings is 3. The molecule has 0 saturated carbocycles.